The number of amides is 3. The number of rotatable bonds is 4. The predicted molar refractivity (Wildman–Crippen MR) is 62.0 cm³/mol. The Balaban J connectivity index is 2.84. The first kappa shape index (κ1) is 13.5. The molecule has 0 bridgehead atoms. The molecular weight excluding hydrogens is 242 g/mol. The molecule has 0 unspecified atom stereocenters. The number of urea groups is 1. The minimum absolute atomic E-state index is 0.0243. The summed E-state index contributed by atoms with van der Waals surface area (Å²) in [7, 11) is 0. The van der Waals surface area contributed by atoms with Gasteiger partial charge in [0.15, 0.2) is 0 Å². The fourth-order valence-corrected chi connectivity index (χ4v) is 1.33. The van der Waals surface area contributed by atoms with E-state index in [1.807, 2.05) is 0 Å². The van der Waals surface area contributed by atoms with Crippen LogP contribution in [0.2, 0.25) is 0 Å². The Bertz CT molecular complexity index is 524. The standard InChI is InChI=1S/C9H13N5O4/c1-4-5(2-3-18-8(11)17)6(15)13-9(12-4)14-7(10)16/h2-3H2,1H3,(H2,11,17)(H4,10,12,13,14,15,16). The molecule has 0 aliphatic heterocycles. The van der Waals surface area contributed by atoms with Gasteiger partial charge in [-0.05, 0) is 6.92 Å². The van der Waals surface area contributed by atoms with Gasteiger partial charge >= 0.3 is 12.1 Å². The number of ether oxygens (including phenoxy) is 1. The van der Waals surface area contributed by atoms with E-state index in [1.54, 1.807) is 6.92 Å². The van der Waals surface area contributed by atoms with Crippen LogP contribution >= 0.6 is 0 Å². The molecule has 9 heteroatoms. The van der Waals surface area contributed by atoms with Crippen LogP contribution in [0.1, 0.15) is 11.3 Å². The van der Waals surface area contributed by atoms with Crippen molar-refractivity contribution in [2.45, 2.75) is 13.3 Å². The van der Waals surface area contributed by atoms with Crippen LogP contribution in [0.5, 0.6) is 0 Å². The molecule has 9 nitrogen and oxygen atoms in total. The maximum Gasteiger partial charge on any atom is 0.404 e. The molecule has 0 saturated heterocycles. The third kappa shape index (κ3) is 3.77. The van der Waals surface area contributed by atoms with Crippen LogP contribution in [-0.4, -0.2) is 28.7 Å². The lowest BCUT2D eigenvalue weighted by atomic mass is 10.2. The fourth-order valence-electron chi connectivity index (χ4n) is 1.33. The minimum Gasteiger partial charge on any atom is -0.449 e. The number of nitrogens with zero attached hydrogens (tertiary/aromatic N) is 1. The van der Waals surface area contributed by atoms with Crippen molar-refractivity contribution in [3.8, 4) is 0 Å². The van der Waals surface area contributed by atoms with Crippen molar-refractivity contribution in [3.63, 3.8) is 0 Å². The topological polar surface area (TPSA) is 153 Å². The van der Waals surface area contributed by atoms with Gasteiger partial charge in [0.1, 0.15) is 0 Å². The summed E-state index contributed by atoms with van der Waals surface area (Å²) in [5, 5.41) is 2.15. The Morgan fingerprint density at radius 2 is 2.11 bits per heavy atom. The van der Waals surface area contributed by atoms with E-state index in [0.717, 1.165) is 0 Å². The molecule has 0 spiro atoms. The normalized spacial score (nSPS) is 9.83. The molecule has 0 aliphatic carbocycles. The zero-order valence-corrected chi connectivity index (χ0v) is 9.65. The number of aromatic nitrogens is 2. The Morgan fingerprint density at radius 3 is 2.61 bits per heavy atom. The summed E-state index contributed by atoms with van der Waals surface area (Å²) in [4.78, 5) is 38.9. The molecule has 18 heavy (non-hydrogen) atoms. The summed E-state index contributed by atoms with van der Waals surface area (Å²) in [6.45, 7) is 1.60. The second kappa shape index (κ2) is 5.66. The molecule has 0 aliphatic rings. The maximum absolute atomic E-state index is 11.6. The summed E-state index contributed by atoms with van der Waals surface area (Å²) in [5.74, 6) is -0.0374. The molecule has 1 aromatic heterocycles. The van der Waals surface area contributed by atoms with E-state index in [-0.39, 0.29) is 19.0 Å². The number of nitrogens with one attached hydrogen (secondary N) is 2. The average molecular weight is 255 g/mol. The lowest BCUT2D eigenvalue weighted by Crippen LogP contribution is -2.26. The van der Waals surface area contributed by atoms with Gasteiger partial charge in [-0.25, -0.2) is 9.59 Å². The largest absolute Gasteiger partial charge is 0.449 e. The third-order valence-corrected chi connectivity index (χ3v) is 2.07. The number of nitrogens with two attached hydrogens (primary N) is 2. The number of aromatic amines is 1. The zero-order valence-electron chi connectivity index (χ0n) is 9.65. The summed E-state index contributed by atoms with van der Waals surface area (Å²) >= 11 is 0. The monoisotopic (exact) mass is 255 g/mol. The Morgan fingerprint density at radius 1 is 1.44 bits per heavy atom. The molecule has 0 fully saturated rings. The van der Waals surface area contributed by atoms with Crippen LogP contribution < -0.4 is 22.3 Å². The molecule has 1 heterocycles. The van der Waals surface area contributed by atoms with Gasteiger partial charge in [0, 0.05) is 17.7 Å². The van der Waals surface area contributed by atoms with Crippen LogP contribution in [0.4, 0.5) is 15.5 Å². The van der Waals surface area contributed by atoms with E-state index in [1.165, 1.54) is 0 Å². The molecule has 0 saturated carbocycles. The lowest BCUT2D eigenvalue weighted by molar-refractivity contribution is 0.158. The number of hydrogen-bond acceptors (Lipinski definition) is 5. The van der Waals surface area contributed by atoms with Gasteiger partial charge in [-0.1, -0.05) is 0 Å². The fraction of sp³-hybridized carbons (Fsp3) is 0.333. The first-order chi connectivity index (χ1) is 8.40. The number of carbonyl (C=O) groups excluding carboxylic acids is 2. The van der Waals surface area contributed by atoms with Gasteiger partial charge in [0.2, 0.25) is 5.95 Å². The number of hydrogen-bond donors (Lipinski definition) is 4. The first-order valence-electron chi connectivity index (χ1n) is 4.98. The van der Waals surface area contributed by atoms with Crippen LogP contribution in [0.15, 0.2) is 4.79 Å². The van der Waals surface area contributed by atoms with Gasteiger partial charge in [0.05, 0.1) is 6.61 Å². The quantitative estimate of drug-likeness (QED) is 0.555. The summed E-state index contributed by atoms with van der Waals surface area (Å²) in [5.41, 5.74) is 9.97. The average Bonchev–Trinajstić information content (AvgIpc) is 2.20. The molecule has 1 rings (SSSR count). The van der Waals surface area contributed by atoms with Crippen molar-refractivity contribution in [3.05, 3.63) is 21.6 Å². The Kier molecular flexibility index (Phi) is 4.24. The van der Waals surface area contributed by atoms with Gasteiger partial charge < -0.3 is 21.2 Å². The highest BCUT2D eigenvalue weighted by atomic mass is 16.5. The molecule has 0 atom stereocenters. The van der Waals surface area contributed by atoms with E-state index < -0.39 is 17.7 Å². The summed E-state index contributed by atoms with van der Waals surface area (Å²) in [6, 6.07) is -0.831. The van der Waals surface area contributed by atoms with Crippen molar-refractivity contribution in [1.29, 1.82) is 0 Å². The maximum atomic E-state index is 11.6. The number of primary amides is 2. The van der Waals surface area contributed by atoms with Crippen molar-refractivity contribution in [1.82, 2.24) is 9.97 Å². The van der Waals surface area contributed by atoms with Crippen molar-refractivity contribution in [2.24, 2.45) is 11.5 Å². The van der Waals surface area contributed by atoms with Crippen molar-refractivity contribution < 1.29 is 14.3 Å². The van der Waals surface area contributed by atoms with Crippen molar-refractivity contribution >= 4 is 18.1 Å². The highest BCUT2D eigenvalue weighted by Gasteiger charge is 2.09. The van der Waals surface area contributed by atoms with E-state index in [2.05, 4.69) is 20.0 Å². The second-order valence-corrected chi connectivity index (χ2v) is 3.40. The minimum atomic E-state index is -0.913. The van der Waals surface area contributed by atoms with E-state index in [0.29, 0.717) is 11.3 Å². The molecule has 98 valence electrons. The van der Waals surface area contributed by atoms with Crippen LogP contribution in [0, 0.1) is 6.92 Å². The van der Waals surface area contributed by atoms with E-state index in [4.69, 9.17) is 11.5 Å². The van der Waals surface area contributed by atoms with Gasteiger partial charge in [0.25, 0.3) is 5.56 Å². The number of H-pyrrole nitrogens is 1. The smallest absolute Gasteiger partial charge is 0.404 e. The third-order valence-electron chi connectivity index (χ3n) is 2.07. The van der Waals surface area contributed by atoms with Crippen LogP contribution in [-0.2, 0) is 11.2 Å². The van der Waals surface area contributed by atoms with E-state index in [9.17, 15) is 14.4 Å². The molecular formula is C9H13N5O4. The van der Waals surface area contributed by atoms with Gasteiger partial charge in [-0.15, -0.1) is 0 Å². The molecule has 0 aromatic carbocycles. The molecule has 3 amide bonds. The van der Waals surface area contributed by atoms with Crippen molar-refractivity contribution in [2.75, 3.05) is 11.9 Å². The Labute approximate surface area is 102 Å². The Hall–Kier alpha value is -2.58. The highest BCUT2D eigenvalue weighted by Crippen LogP contribution is 2.03. The molecule has 6 N–H and O–H groups in total. The summed E-state index contributed by atoms with van der Waals surface area (Å²) < 4.78 is 4.52. The first-order valence-corrected chi connectivity index (χ1v) is 4.98. The predicted octanol–water partition coefficient (Wildman–Crippen LogP) is -0.793. The number of anilines is 1. The molecule has 1 aromatic rings. The van der Waals surface area contributed by atoms with Crippen LogP contribution in [0.25, 0.3) is 0 Å². The number of aryl methyl sites for hydroxylation is 1. The SMILES string of the molecule is Cc1[nH]c(NC(N)=O)nc(=O)c1CCOC(N)=O. The highest BCUT2D eigenvalue weighted by molar-refractivity contribution is 5.85. The summed E-state index contributed by atoms with van der Waals surface area (Å²) in [6.07, 6.45) is -0.738. The van der Waals surface area contributed by atoms with Gasteiger partial charge in [-0.2, -0.15) is 4.98 Å². The number of carbonyl (C=O) groups is 2. The zero-order chi connectivity index (χ0) is 13.7. The molecule has 0 radical (unpaired) electrons. The van der Waals surface area contributed by atoms with Crippen LogP contribution in [0.3, 0.4) is 0 Å². The second-order valence-electron chi connectivity index (χ2n) is 3.40. The van der Waals surface area contributed by atoms with Gasteiger partial charge in [-0.3, -0.25) is 10.1 Å². The lowest BCUT2D eigenvalue weighted by Gasteiger charge is -2.07. The van der Waals surface area contributed by atoms with E-state index >= 15 is 0 Å².